The van der Waals surface area contributed by atoms with Gasteiger partial charge in [0.2, 0.25) is 0 Å². The van der Waals surface area contributed by atoms with Gasteiger partial charge in [0, 0.05) is 5.71 Å². The summed E-state index contributed by atoms with van der Waals surface area (Å²) in [7, 11) is 0. The zero-order chi connectivity index (χ0) is 14.9. The summed E-state index contributed by atoms with van der Waals surface area (Å²) in [6.07, 6.45) is 8.09. The van der Waals surface area contributed by atoms with Gasteiger partial charge < -0.3 is 4.74 Å². The van der Waals surface area contributed by atoms with Crippen molar-refractivity contribution in [2.45, 2.75) is 44.9 Å². The van der Waals surface area contributed by atoms with Gasteiger partial charge in [0.1, 0.15) is 5.75 Å². The van der Waals surface area contributed by atoms with Crippen LogP contribution in [0.3, 0.4) is 0 Å². The zero-order valence-corrected chi connectivity index (χ0v) is 12.9. The summed E-state index contributed by atoms with van der Waals surface area (Å²) in [5.74, 6) is 0.248. The Morgan fingerprint density at radius 2 is 1.81 bits per heavy atom. The van der Waals surface area contributed by atoms with Crippen molar-refractivity contribution in [2.24, 2.45) is 5.10 Å². The van der Waals surface area contributed by atoms with Crippen molar-refractivity contribution in [3.05, 3.63) is 29.3 Å². The molecular formula is C16H21ClN2O2. The Kier molecular flexibility index (Phi) is 6.54. The van der Waals surface area contributed by atoms with Gasteiger partial charge in [0.25, 0.3) is 5.91 Å². The van der Waals surface area contributed by atoms with E-state index in [9.17, 15) is 4.79 Å². The molecule has 0 aromatic heterocycles. The fourth-order valence-corrected chi connectivity index (χ4v) is 2.49. The number of hydrazone groups is 1. The first-order valence-electron chi connectivity index (χ1n) is 7.47. The van der Waals surface area contributed by atoms with Crippen molar-refractivity contribution in [2.75, 3.05) is 6.61 Å². The number of halogens is 1. The third-order valence-electron chi connectivity index (χ3n) is 3.46. The lowest BCUT2D eigenvalue weighted by atomic mass is 9.99. The summed E-state index contributed by atoms with van der Waals surface area (Å²) in [6.45, 7) is -0.0828. The largest absolute Gasteiger partial charge is 0.482 e. The average Bonchev–Trinajstić information content (AvgIpc) is 2.45. The molecule has 0 aliphatic heterocycles. The summed E-state index contributed by atoms with van der Waals surface area (Å²) in [6, 6.07) is 7.09. The second-order valence-corrected chi connectivity index (χ2v) is 5.61. The molecule has 0 atom stereocenters. The predicted octanol–water partition coefficient (Wildman–Crippen LogP) is 3.94. The molecule has 114 valence electrons. The minimum Gasteiger partial charge on any atom is -0.482 e. The Morgan fingerprint density at radius 1 is 1.14 bits per heavy atom. The Bertz CT molecular complexity index is 493. The molecule has 0 heterocycles. The van der Waals surface area contributed by atoms with Crippen molar-refractivity contribution >= 4 is 23.2 Å². The maximum absolute atomic E-state index is 11.7. The van der Waals surface area contributed by atoms with Gasteiger partial charge in [-0.3, -0.25) is 4.79 Å². The van der Waals surface area contributed by atoms with Crippen molar-refractivity contribution in [3.8, 4) is 5.75 Å². The number of nitrogens with zero attached hydrogens (tertiary/aromatic N) is 1. The van der Waals surface area contributed by atoms with Crippen LogP contribution in [0.4, 0.5) is 0 Å². The topological polar surface area (TPSA) is 50.7 Å². The Morgan fingerprint density at radius 3 is 2.52 bits per heavy atom. The lowest BCUT2D eigenvalue weighted by Crippen LogP contribution is -2.26. The van der Waals surface area contributed by atoms with Crippen molar-refractivity contribution < 1.29 is 9.53 Å². The number of rotatable bonds is 4. The van der Waals surface area contributed by atoms with Crippen LogP contribution in [0.25, 0.3) is 0 Å². The molecule has 0 saturated heterocycles. The van der Waals surface area contributed by atoms with Gasteiger partial charge in [-0.1, -0.05) is 43.0 Å². The summed E-state index contributed by atoms with van der Waals surface area (Å²) < 4.78 is 5.37. The number of ether oxygens (including phenoxy) is 1. The highest BCUT2D eigenvalue weighted by Crippen LogP contribution is 2.22. The Balaban J connectivity index is 1.77. The fourth-order valence-electron chi connectivity index (χ4n) is 2.30. The van der Waals surface area contributed by atoms with Crippen LogP contribution in [0, 0.1) is 0 Å². The maximum Gasteiger partial charge on any atom is 0.277 e. The second kappa shape index (κ2) is 8.67. The normalized spacial score (nSPS) is 15.8. The number of hydrogen-bond donors (Lipinski definition) is 1. The Labute approximate surface area is 130 Å². The van der Waals surface area contributed by atoms with Crippen LogP contribution in [0.1, 0.15) is 44.9 Å². The van der Waals surface area contributed by atoms with Gasteiger partial charge >= 0.3 is 0 Å². The monoisotopic (exact) mass is 308 g/mol. The van der Waals surface area contributed by atoms with Crippen LogP contribution in [-0.4, -0.2) is 18.2 Å². The minimum absolute atomic E-state index is 0.0828. The molecule has 4 nitrogen and oxygen atoms in total. The van der Waals surface area contributed by atoms with Crippen molar-refractivity contribution in [1.29, 1.82) is 0 Å². The minimum atomic E-state index is -0.260. The third kappa shape index (κ3) is 5.76. The Hall–Kier alpha value is -1.55. The molecule has 0 radical (unpaired) electrons. The molecular weight excluding hydrogens is 288 g/mol. The number of amides is 1. The molecule has 0 spiro atoms. The molecule has 1 aliphatic rings. The van der Waals surface area contributed by atoms with Crippen LogP contribution >= 0.6 is 11.6 Å². The standard InChI is InChI=1S/C16H21ClN2O2/c17-14-10-6-7-11-15(14)21-12-16(20)19-18-13-8-4-2-1-3-5-9-13/h6-7,10-11H,1-5,8-9,12H2,(H,19,20). The smallest absolute Gasteiger partial charge is 0.277 e. The van der Waals surface area contributed by atoms with E-state index in [2.05, 4.69) is 10.5 Å². The molecule has 1 aromatic carbocycles. The SMILES string of the molecule is O=C(COc1ccccc1Cl)NN=C1CCCCCCC1. The predicted molar refractivity (Wildman–Crippen MR) is 84.8 cm³/mol. The molecule has 1 aromatic rings. The number of carbonyl (C=O) groups is 1. The van der Waals surface area contributed by atoms with E-state index in [1.807, 2.05) is 12.1 Å². The van der Waals surface area contributed by atoms with E-state index in [4.69, 9.17) is 16.3 Å². The van der Waals surface area contributed by atoms with E-state index in [1.165, 1.54) is 19.3 Å². The quantitative estimate of drug-likeness (QED) is 0.857. The number of carbonyl (C=O) groups excluding carboxylic acids is 1. The molecule has 0 bridgehead atoms. The van der Waals surface area contributed by atoms with E-state index in [0.29, 0.717) is 10.8 Å². The van der Waals surface area contributed by atoms with E-state index in [-0.39, 0.29) is 12.5 Å². The number of benzene rings is 1. The fraction of sp³-hybridized carbons (Fsp3) is 0.500. The zero-order valence-electron chi connectivity index (χ0n) is 12.1. The first-order chi connectivity index (χ1) is 10.3. The van der Waals surface area contributed by atoms with E-state index >= 15 is 0 Å². The van der Waals surface area contributed by atoms with E-state index in [0.717, 1.165) is 31.4 Å². The summed E-state index contributed by atoms with van der Waals surface area (Å²) in [5, 5.41) is 4.72. The van der Waals surface area contributed by atoms with Crippen molar-refractivity contribution in [1.82, 2.24) is 5.43 Å². The van der Waals surface area contributed by atoms with Gasteiger partial charge in [-0.15, -0.1) is 0 Å². The molecule has 21 heavy (non-hydrogen) atoms. The van der Waals surface area contributed by atoms with Crippen LogP contribution < -0.4 is 10.2 Å². The molecule has 0 unspecified atom stereocenters. The average molecular weight is 309 g/mol. The molecule has 5 heteroatoms. The lowest BCUT2D eigenvalue weighted by Gasteiger charge is -2.11. The maximum atomic E-state index is 11.7. The molecule has 2 rings (SSSR count). The van der Waals surface area contributed by atoms with Gasteiger partial charge in [-0.25, -0.2) is 5.43 Å². The summed E-state index contributed by atoms with van der Waals surface area (Å²) in [4.78, 5) is 11.7. The summed E-state index contributed by atoms with van der Waals surface area (Å²) >= 11 is 5.96. The van der Waals surface area contributed by atoms with Gasteiger partial charge in [-0.2, -0.15) is 5.10 Å². The highest BCUT2D eigenvalue weighted by Gasteiger charge is 2.07. The van der Waals surface area contributed by atoms with Crippen LogP contribution in [-0.2, 0) is 4.79 Å². The van der Waals surface area contributed by atoms with Crippen LogP contribution in [0.15, 0.2) is 29.4 Å². The number of para-hydroxylation sites is 1. The number of nitrogens with one attached hydrogen (secondary N) is 1. The first kappa shape index (κ1) is 15.8. The van der Waals surface area contributed by atoms with Crippen molar-refractivity contribution in [3.63, 3.8) is 0 Å². The van der Waals surface area contributed by atoms with Gasteiger partial charge in [0.15, 0.2) is 6.61 Å². The van der Waals surface area contributed by atoms with E-state index in [1.54, 1.807) is 12.1 Å². The van der Waals surface area contributed by atoms with Crippen LogP contribution in [0.2, 0.25) is 5.02 Å². The molecule has 1 saturated carbocycles. The highest BCUT2D eigenvalue weighted by molar-refractivity contribution is 6.32. The number of hydrogen-bond acceptors (Lipinski definition) is 3. The van der Waals surface area contributed by atoms with Gasteiger partial charge in [-0.05, 0) is 37.8 Å². The lowest BCUT2D eigenvalue weighted by molar-refractivity contribution is -0.123. The van der Waals surface area contributed by atoms with Gasteiger partial charge in [0.05, 0.1) is 5.02 Å². The molecule has 1 fully saturated rings. The second-order valence-electron chi connectivity index (χ2n) is 5.20. The molecule has 1 aliphatic carbocycles. The molecule has 1 N–H and O–H groups in total. The summed E-state index contributed by atoms with van der Waals surface area (Å²) in [5.41, 5.74) is 3.66. The third-order valence-corrected chi connectivity index (χ3v) is 3.78. The molecule has 1 amide bonds. The van der Waals surface area contributed by atoms with Crippen LogP contribution in [0.5, 0.6) is 5.75 Å². The van der Waals surface area contributed by atoms with E-state index < -0.39 is 0 Å². The highest BCUT2D eigenvalue weighted by atomic mass is 35.5. The first-order valence-corrected chi connectivity index (χ1v) is 7.85.